The van der Waals surface area contributed by atoms with Crippen LogP contribution in [0.4, 0.5) is 5.95 Å². The Hall–Kier alpha value is -1.69. The lowest BCUT2D eigenvalue weighted by Crippen LogP contribution is -2.42. The summed E-state index contributed by atoms with van der Waals surface area (Å²) < 4.78 is 5.29. The molecule has 3 rings (SSSR count). The lowest BCUT2D eigenvalue weighted by molar-refractivity contribution is -0.136. The van der Waals surface area contributed by atoms with E-state index < -0.39 is 0 Å². The summed E-state index contributed by atoms with van der Waals surface area (Å²) in [7, 11) is 0. The molecule has 3 heterocycles. The van der Waals surface area contributed by atoms with E-state index in [1.807, 2.05) is 11.0 Å². The van der Waals surface area contributed by atoms with Crippen LogP contribution in [0.25, 0.3) is 0 Å². The molecular formula is C15H22N4O2. The summed E-state index contributed by atoms with van der Waals surface area (Å²) in [4.78, 5) is 25.0. The molecule has 6 nitrogen and oxygen atoms in total. The highest BCUT2D eigenvalue weighted by molar-refractivity contribution is 5.76. The van der Waals surface area contributed by atoms with Crippen molar-refractivity contribution in [3.05, 3.63) is 18.5 Å². The molecule has 2 aliphatic rings. The topological polar surface area (TPSA) is 58.6 Å². The molecule has 0 saturated carbocycles. The van der Waals surface area contributed by atoms with E-state index in [0.717, 1.165) is 45.0 Å². The first-order valence-electron chi connectivity index (χ1n) is 7.70. The average Bonchev–Trinajstić information content (AvgIpc) is 2.57. The van der Waals surface area contributed by atoms with Gasteiger partial charge in [-0.3, -0.25) is 4.79 Å². The van der Waals surface area contributed by atoms with Crippen LogP contribution in [0.1, 0.15) is 19.3 Å². The average molecular weight is 290 g/mol. The van der Waals surface area contributed by atoms with Gasteiger partial charge >= 0.3 is 0 Å². The normalized spacial score (nSPS) is 20.6. The SMILES string of the molecule is O=C(CC1CCN(c2ncccn2)CC1)N1CCOCC1. The van der Waals surface area contributed by atoms with Gasteiger partial charge in [0.1, 0.15) is 0 Å². The second-order valence-corrected chi connectivity index (χ2v) is 5.68. The highest BCUT2D eigenvalue weighted by Gasteiger charge is 2.25. The zero-order valence-electron chi connectivity index (χ0n) is 12.3. The molecule has 6 heteroatoms. The number of morpholine rings is 1. The summed E-state index contributed by atoms with van der Waals surface area (Å²) in [5, 5.41) is 0. The minimum atomic E-state index is 0.285. The van der Waals surface area contributed by atoms with Crippen molar-refractivity contribution in [3.63, 3.8) is 0 Å². The number of ether oxygens (including phenoxy) is 1. The molecule has 0 bridgehead atoms. The van der Waals surface area contributed by atoms with Crippen molar-refractivity contribution in [3.8, 4) is 0 Å². The van der Waals surface area contributed by atoms with Crippen LogP contribution in [0.2, 0.25) is 0 Å². The number of carbonyl (C=O) groups excluding carboxylic acids is 1. The number of carbonyl (C=O) groups is 1. The van der Waals surface area contributed by atoms with Gasteiger partial charge in [0.15, 0.2) is 0 Å². The number of anilines is 1. The van der Waals surface area contributed by atoms with Gasteiger partial charge in [0, 0.05) is 45.0 Å². The molecule has 0 N–H and O–H groups in total. The summed E-state index contributed by atoms with van der Waals surface area (Å²) in [6.07, 6.45) is 6.29. The van der Waals surface area contributed by atoms with Crippen molar-refractivity contribution >= 4 is 11.9 Å². The molecule has 0 aliphatic carbocycles. The van der Waals surface area contributed by atoms with Crippen molar-refractivity contribution in [2.24, 2.45) is 5.92 Å². The quantitative estimate of drug-likeness (QED) is 0.829. The van der Waals surface area contributed by atoms with Crippen LogP contribution in [0.5, 0.6) is 0 Å². The molecule has 0 radical (unpaired) electrons. The molecule has 1 aromatic rings. The summed E-state index contributed by atoms with van der Waals surface area (Å²) in [5.41, 5.74) is 0. The van der Waals surface area contributed by atoms with Crippen LogP contribution in [-0.4, -0.2) is 60.2 Å². The summed E-state index contributed by atoms with van der Waals surface area (Å²) >= 11 is 0. The minimum absolute atomic E-state index is 0.285. The summed E-state index contributed by atoms with van der Waals surface area (Å²) in [6, 6.07) is 1.83. The van der Waals surface area contributed by atoms with Crippen LogP contribution in [-0.2, 0) is 9.53 Å². The molecule has 21 heavy (non-hydrogen) atoms. The lowest BCUT2D eigenvalue weighted by Gasteiger charge is -2.33. The van der Waals surface area contributed by atoms with E-state index in [9.17, 15) is 4.79 Å². The fourth-order valence-electron chi connectivity index (χ4n) is 2.98. The maximum absolute atomic E-state index is 12.2. The van der Waals surface area contributed by atoms with Crippen molar-refractivity contribution < 1.29 is 9.53 Å². The van der Waals surface area contributed by atoms with Crippen molar-refractivity contribution in [1.82, 2.24) is 14.9 Å². The molecular weight excluding hydrogens is 268 g/mol. The highest BCUT2D eigenvalue weighted by Crippen LogP contribution is 2.23. The van der Waals surface area contributed by atoms with Gasteiger partial charge in [-0.15, -0.1) is 0 Å². The van der Waals surface area contributed by atoms with Gasteiger partial charge in [-0.25, -0.2) is 9.97 Å². The van der Waals surface area contributed by atoms with Crippen molar-refractivity contribution in [2.45, 2.75) is 19.3 Å². The summed E-state index contributed by atoms with van der Waals surface area (Å²) in [6.45, 7) is 4.71. The van der Waals surface area contributed by atoms with Crippen molar-refractivity contribution in [1.29, 1.82) is 0 Å². The van der Waals surface area contributed by atoms with Crippen LogP contribution in [0, 0.1) is 5.92 Å². The predicted octanol–water partition coefficient (Wildman–Crippen LogP) is 0.942. The Balaban J connectivity index is 1.46. The molecule has 0 aromatic carbocycles. The molecule has 0 unspecified atom stereocenters. The number of hydrogen-bond donors (Lipinski definition) is 0. The Morgan fingerprint density at radius 3 is 2.48 bits per heavy atom. The molecule has 114 valence electrons. The molecule has 1 aromatic heterocycles. The zero-order valence-corrected chi connectivity index (χ0v) is 12.3. The van der Waals surface area contributed by atoms with E-state index in [0.29, 0.717) is 25.6 Å². The van der Waals surface area contributed by atoms with Gasteiger partial charge in [0.25, 0.3) is 0 Å². The Morgan fingerprint density at radius 2 is 1.81 bits per heavy atom. The van der Waals surface area contributed by atoms with Crippen molar-refractivity contribution in [2.75, 3.05) is 44.3 Å². The van der Waals surface area contributed by atoms with Gasteiger partial charge in [-0.2, -0.15) is 0 Å². The fourth-order valence-corrected chi connectivity index (χ4v) is 2.98. The third kappa shape index (κ3) is 3.69. The number of aromatic nitrogens is 2. The Morgan fingerprint density at radius 1 is 1.14 bits per heavy atom. The van der Waals surface area contributed by atoms with Gasteiger partial charge in [0.2, 0.25) is 11.9 Å². The second-order valence-electron chi connectivity index (χ2n) is 5.68. The third-order valence-corrected chi connectivity index (χ3v) is 4.28. The first-order valence-corrected chi connectivity index (χ1v) is 7.70. The molecule has 0 spiro atoms. The zero-order chi connectivity index (χ0) is 14.5. The standard InChI is InChI=1S/C15H22N4O2/c20-14(18-8-10-21-11-9-18)12-13-2-6-19(7-3-13)15-16-4-1-5-17-15/h1,4-5,13H,2-3,6-12H2. The lowest BCUT2D eigenvalue weighted by atomic mass is 9.93. The number of amides is 1. The number of rotatable bonds is 3. The Bertz CT molecular complexity index is 454. The van der Waals surface area contributed by atoms with Crippen LogP contribution >= 0.6 is 0 Å². The monoisotopic (exact) mass is 290 g/mol. The van der Waals surface area contributed by atoms with Gasteiger partial charge in [-0.05, 0) is 24.8 Å². The van der Waals surface area contributed by atoms with E-state index in [-0.39, 0.29) is 5.91 Å². The Kier molecular flexibility index (Phi) is 4.65. The summed E-state index contributed by atoms with van der Waals surface area (Å²) in [5.74, 6) is 1.57. The van der Waals surface area contributed by atoms with E-state index in [1.165, 1.54) is 0 Å². The van der Waals surface area contributed by atoms with Crippen LogP contribution in [0.3, 0.4) is 0 Å². The van der Waals surface area contributed by atoms with E-state index in [4.69, 9.17) is 4.74 Å². The fraction of sp³-hybridized carbons (Fsp3) is 0.667. The third-order valence-electron chi connectivity index (χ3n) is 4.28. The van der Waals surface area contributed by atoms with Gasteiger partial charge in [-0.1, -0.05) is 0 Å². The maximum atomic E-state index is 12.2. The van der Waals surface area contributed by atoms with E-state index >= 15 is 0 Å². The molecule has 2 aliphatic heterocycles. The number of piperidine rings is 1. The smallest absolute Gasteiger partial charge is 0.225 e. The molecule has 2 fully saturated rings. The van der Waals surface area contributed by atoms with Gasteiger partial charge in [0.05, 0.1) is 13.2 Å². The van der Waals surface area contributed by atoms with Gasteiger partial charge < -0.3 is 14.5 Å². The first kappa shape index (κ1) is 14.3. The molecule has 0 atom stereocenters. The number of nitrogens with zero attached hydrogens (tertiary/aromatic N) is 4. The van der Waals surface area contributed by atoms with Crippen LogP contribution < -0.4 is 4.90 Å². The maximum Gasteiger partial charge on any atom is 0.225 e. The largest absolute Gasteiger partial charge is 0.378 e. The molecule has 1 amide bonds. The predicted molar refractivity (Wildman–Crippen MR) is 79.0 cm³/mol. The van der Waals surface area contributed by atoms with E-state index in [2.05, 4.69) is 14.9 Å². The van der Waals surface area contributed by atoms with Crippen LogP contribution in [0.15, 0.2) is 18.5 Å². The Labute approximate surface area is 125 Å². The number of hydrogen-bond acceptors (Lipinski definition) is 5. The van der Waals surface area contributed by atoms with E-state index in [1.54, 1.807) is 12.4 Å². The minimum Gasteiger partial charge on any atom is -0.378 e. The molecule has 2 saturated heterocycles. The second kappa shape index (κ2) is 6.85. The highest BCUT2D eigenvalue weighted by atomic mass is 16.5. The first-order chi connectivity index (χ1) is 10.3.